The van der Waals surface area contributed by atoms with Crippen LogP contribution in [0.5, 0.6) is 0 Å². The average molecular weight is 369 g/mol. The zero-order valence-corrected chi connectivity index (χ0v) is 14.8. The molecule has 0 fully saturated rings. The van der Waals surface area contributed by atoms with E-state index in [0.717, 1.165) is 11.1 Å². The molecule has 0 atom stereocenters. The second kappa shape index (κ2) is 7.88. The Bertz CT molecular complexity index is 921. The van der Waals surface area contributed by atoms with E-state index in [1.807, 2.05) is 5.38 Å². The van der Waals surface area contributed by atoms with Gasteiger partial charge in [-0.2, -0.15) is 0 Å². The zero-order chi connectivity index (χ0) is 18.5. The van der Waals surface area contributed by atoms with E-state index in [4.69, 9.17) is 0 Å². The van der Waals surface area contributed by atoms with Crippen molar-refractivity contribution in [3.05, 3.63) is 65.3 Å². The summed E-state index contributed by atoms with van der Waals surface area (Å²) in [6.07, 6.45) is 0.200. The van der Waals surface area contributed by atoms with Crippen molar-refractivity contribution < 1.29 is 14.0 Å². The first-order valence-electron chi connectivity index (χ1n) is 7.87. The monoisotopic (exact) mass is 369 g/mol. The standard InChI is InChI=1S/C19H16FN3O2S/c1-12(24)21-16-8-2-13(3-9-16)10-18(25)23-19-22-17(11-26-19)14-4-6-15(20)7-5-14/h2-9,11H,10H2,1H3,(H,21,24)(H,22,23,25). The highest BCUT2D eigenvalue weighted by molar-refractivity contribution is 7.14. The number of benzene rings is 2. The molecule has 132 valence electrons. The molecule has 1 aromatic heterocycles. The summed E-state index contributed by atoms with van der Waals surface area (Å²) in [6, 6.07) is 13.1. The molecule has 0 saturated heterocycles. The summed E-state index contributed by atoms with van der Waals surface area (Å²) in [5.74, 6) is -0.629. The summed E-state index contributed by atoms with van der Waals surface area (Å²) in [5.41, 5.74) is 2.99. The second-order valence-corrected chi connectivity index (χ2v) is 6.51. The van der Waals surface area contributed by atoms with Crippen LogP contribution >= 0.6 is 11.3 Å². The zero-order valence-electron chi connectivity index (χ0n) is 14.0. The summed E-state index contributed by atoms with van der Waals surface area (Å²) in [4.78, 5) is 27.5. The second-order valence-electron chi connectivity index (χ2n) is 5.65. The van der Waals surface area contributed by atoms with Crippen LogP contribution in [0.4, 0.5) is 15.2 Å². The van der Waals surface area contributed by atoms with Gasteiger partial charge in [0.15, 0.2) is 5.13 Å². The molecule has 2 amide bonds. The molecule has 2 N–H and O–H groups in total. The van der Waals surface area contributed by atoms with Gasteiger partial charge in [0.25, 0.3) is 0 Å². The van der Waals surface area contributed by atoms with Crippen molar-refractivity contribution in [2.24, 2.45) is 0 Å². The fraction of sp³-hybridized carbons (Fsp3) is 0.105. The molecule has 0 bridgehead atoms. The summed E-state index contributed by atoms with van der Waals surface area (Å²) in [6.45, 7) is 1.44. The summed E-state index contributed by atoms with van der Waals surface area (Å²) >= 11 is 1.31. The number of nitrogens with zero attached hydrogens (tertiary/aromatic N) is 1. The molecule has 26 heavy (non-hydrogen) atoms. The van der Waals surface area contributed by atoms with Crippen LogP contribution in [0.25, 0.3) is 11.3 Å². The number of rotatable bonds is 5. The third kappa shape index (κ3) is 4.73. The highest BCUT2D eigenvalue weighted by atomic mass is 32.1. The normalized spacial score (nSPS) is 10.4. The van der Waals surface area contributed by atoms with Gasteiger partial charge in [-0.15, -0.1) is 11.3 Å². The van der Waals surface area contributed by atoms with Crippen LogP contribution in [0, 0.1) is 5.82 Å². The van der Waals surface area contributed by atoms with Gasteiger partial charge in [0.05, 0.1) is 12.1 Å². The molecule has 3 rings (SSSR count). The number of halogens is 1. The first-order valence-corrected chi connectivity index (χ1v) is 8.75. The minimum atomic E-state index is -0.304. The summed E-state index contributed by atoms with van der Waals surface area (Å²) in [7, 11) is 0. The van der Waals surface area contributed by atoms with Gasteiger partial charge in [-0.25, -0.2) is 9.37 Å². The lowest BCUT2D eigenvalue weighted by molar-refractivity contribution is -0.116. The van der Waals surface area contributed by atoms with Crippen LogP contribution in [0.1, 0.15) is 12.5 Å². The molecule has 3 aromatic rings. The van der Waals surface area contributed by atoms with Crippen LogP contribution in [0.2, 0.25) is 0 Å². The smallest absolute Gasteiger partial charge is 0.230 e. The SMILES string of the molecule is CC(=O)Nc1ccc(CC(=O)Nc2nc(-c3ccc(F)cc3)cs2)cc1. The minimum Gasteiger partial charge on any atom is -0.326 e. The van der Waals surface area contributed by atoms with Gasteiger partial charge >= 0.3 is 0 Å². The van der Waals surface area contributed by atoms with Gasteiger partial charge in [0.1, 0.15) is 5.82 Å². The van der Waals surface area contributed by atoms with Crippen LogP contribution in [0.3, 0.4) is 0 Å². The first kappa shape index (κ1) is 17.8. The van der Waals surface area contributed by atoms with E-state index in [2.05, 4.69) is 15.6 Å². The maximum atomic E-state index is 13.0. The Labute approximate surface area is 153 Å². The molecular weight excluding hydrogens is 353 g/mol. The van der Waals surface area contributed by atoms with Crippen molar-refractivity contribution in [2.75, 3.05) is 10.6 Å². The molecule has 7 heteroatoms. The Balaban J connectivity index is 1.60. The molecule has 0 spiro atoms. The number of hydrogen-bond donors (Lipinski definition) is 2. The van der Waals surface area contributed by atoms with Gasteiger partial charge < -0.3 is 10.6 Å². The van der Waals surface area contributed by atoms with E-state index >= 15 is 0 Å². The minimum absolute atomic E-state index is 0.142. The third-order valence-corrected chi connectivity index (χ3v) is 4.29. The fourth-order valence-electron chi connectivity index (χ4n) is 2.34. The number of carbonyl (C=O) groups excluding carboxylic acids is 2. The van der Waals surface area contributed by atoms with Gasteiger partial charge in [0.2, 0.25) is 11.8 Å². The lowest BCUT2D eigenvalue weighted by atomic mass is 10.1. The van der Waals surface area contributed by atoms with Crippen molar-refractivity contribution in [3.8, 4) is 11.3 Å². The van der Waals surface area contributed by atoms with Crippen molar-refractivity contribution in [3.63, 3.8) is 0 Å². The number of anilines is 2. The number of hydrogen-bond acceptors (Lipinski definition) is 4. The molecule has 0 aliphatic heterocycles. The molecule has 0 saturated carbocycles. The summed E-state index contributed by atoms with van der Waals surface area (Å²) < 4.78 is 13.0. The van der Waals surface area contributed by atoms with Crippen molar-refractivity contribution in [2.45, 2.75) is 13.3 Å². The molecule has 2 aromatic carbocycles. The van der Waals surface area contributed by atoms with Gasteiger partial charge in [-0.1, -0.05) is 12.1 Å². The predicted octanol–water partition coefficient (Wildman–Crippen LogP) is 4.09. The number of nitrogens with one attached hydrogen (secondary N) is 2. The molecule has 0 aliphatic rings. The first-order chi connectivity index (χ1) is 12.5. The number of carbonyl (C=O) groups is 2. The Morgan fingerprint density at radius 1 is 1.04 bits per heavy atom. The van der Waals surface area contributed by atoms with E-state index in [0.29, 0.717) is 16.5 Å². The highest BCUT2D eigenvalue weighted by Gasteiger charge is 2.09. The molecule has 0 radical (unpaired) electrons. The topological polar surface area (TPSA) is 71.1 Å². The maximum Gasteiger partial charge on any atom is 0.230 e. The molecular formula is C19H16FN3O2S. The lowest BCUT2D eigenvalue weighted by Crippen LogP contribution is -2.14. The van der Waals surface area contributed by atoms with E-state index in [1.165, 1.54) is 30.4 Å². The molecule has 0 unspecified atom stereocenters. The quantitative estimate of drug-likeness (QED) is 0.712. The van der Waals surface area contributed by atoms with Crippen molar-refractivity contribution in [1.29, 1.82) is 0 Å². The van der Waals surface area contributed by atoms with Gasteiger partial charge in [-0.3, -0.25) is 9.59 Å². The fourth-order valence-corrected chi connectivity index (χ4v) is 3.08. The third-order valence-electron chi connectivity index (χ3n) is 3.53. The van der Waals surface area contributed by atoms with Crippen molar-refractivity contribution >= 4 is 34.0 Å². The van der Waals surface area contributed by atoms with Crippen LogP contribution in [-0.2, 0) is 16.0 Å². The van der Waals surface area contributed by atoms with E-state index in [9.17, 15) is 14.0 Å². The summed E-state index contributed by atoms with van der Waals surface area (Å²) in [5, 5.41) is 7.74. The molecule has 0 aliphatic carbocycles. The van der Waals surface area contributed by atoms with Crippen LogP contribution < -0.4 is 10.6 Å². The number of aromatic nitrogens is 1. The van der Waals surface area contributed by atoms with Gasteiger partial charge in [-0.05, 0) is 42.0 Å². The Kier molecular flexibility index (Phi) is 5.38. The van der Waals surface area contributed by atoms with E-state index in [-0.39, 0.29) is 24.1 Å². The molecule has 1 heterocycles. The Hall–Kier alpha value is -3.06. The Morgan fingerprint density at radius 2 is 1.73 bits per heavy atom. The van der Waals surface area contributed by atoms with Crippen molar-refractivity contribution in [1.82, 2.24) is 4.98 Å². The van der Waals surface area contributed by atoms with Gasteiger partial charge in [0, 0.05) is 23.6 Å². The van der Waals surface area contributed by atoms with E-state index < -0.39 is 0 Å². The Morgan fingerprint density at radius 3 is 2.38 bits per heavy atom. The molecule has 5 nitrogen and oxygen atoms in total. The van der Waals surface area contributed by atoms with Crippen LogP contribution in [0.15, 0.2) is 53.9 Å². The van der Waals surface area contributed by atoms with Crippen LogP contribution in [-0.4, -0.2) is 16.8 Å². The highest BCUT2D eigenvalue weighted by Crippen LogP contribution is 2.25. The lowest BCUT2D eigenvalue weighted by Gasteiger charge is -2.05. The predicted molar refractivity (Wildman–Crippen MR) is 101 cm³/mol. The maximum absolute atomic E-state index is 13.0. The largest absolute Gasteiger partial charge is 0.326 e. The average Bonchev–Trinajstić information content (AvgIpc) is 3.05. The number of thiazole rings is 1. The van der Waals surface area contributed by atoms with E-state index in [1.54, 1.807) is 36.4 Å². The number of amides is 2.